The molecular weight excluding hydrogens is 518 g/mol. The van der Waals surface area contributed by atoms with Crippen LogP contribution in [0.2, 0.25) is 0 Å². The van der Waals surface area contributed by atoms with Gasteiger partial charge in [-0.3, -0.25) is 9.59 Å². The monoisotopic (exact) mass is 540 g/mol. The average molecular weight is 541 g/mol. The van der Waals surface area contributed by atoms with E-state index in [1.54, 1.807) is 0 Å². The molecule has 0 radical (unpaired) electrons. The van der Waals surface area contributed by atoms with Crippen molar-refractivity contribution in [2.75, 3.05) is 0 Å². The number of alkyl halides is 6. The fourth-order valence-electron chi connectivity index (χ4n) is 3.34. The molecule has 0 saturated heterocycles. The van der Waals surface area contributed by atoms with E-state index in [4.69, 9.17) is 0 Å². The van der Waals surface area contributed by atoms with Crippen LogP contribution in [0.25, 0.3) is 12.2 Å². The van der Waals surface area contributed by atoms with Crippen molar-refractivity contribution < 1.29 is 35.9 Å². The van der Waals surface area contributed by atoms with Gasteiger partial charge in [-0.1, -0.05) is 23.9 Å². The number of hydrogen-bond donors (Lipinski definition) is 2. The van der Waals surface area contributed by atoms with Crippen LogP contribution in [0.15, 0.2) is 58.3 Å². The SMILES string of the molecule is O=C(/C=C/c1ccc(Sc2ccc(/C=C/C(=O)NC3CC3)cc2C(F)(F)F)c(C(F)(F)F)c1)NC1CC1. The molecule has 2 aromatic rings. The van der Waals surface area contributed by atoms with E-state index in [-0.39, 0.29) is 23.2 Å². The van der Waals surface area contributed by atoms with Crippen molar-refractivity contribution in [2.24, 2.45) is 0 Å². The van der Waals surface area contributed by atoms with Crippen LogP contribution in [0.1, 0.15) is 47.9 Å². The summed E-state index contributed by atoms with van der Waals surface area (Å²) in [5.74, 6) is -0.855. The first-order valence-electron chi connectivity index (χ1n) is 11.5. The molecule has 0 heterocycles. The van der Waals surface area contributed by atoms with Crippen molar-refractivity contribution in [3.8, 4) is 0 Å². The number of rotatable bonds is 8. The van der Waals surface area contributed by atoms with Crippen LogP contribution in [-0.2, 0) is 21.9 Å². The molecule has 0 spiro atoms. The number of carbonyl (C=O) groups is 2. The summed E-state index contributed by atoms with van der Waals surface area (Å²) in [6.07, 6.45) is -1.54. The van der Waals surface area contributed by atoms with Crippen molar-refractivity contribution in [1.82, 2.24) is 10.6 Å². The second-order valence-electron chi connectivity index (χ2n) is 8.84. The summed E-state index contributed by atoms with van der Waals surface area (Å²) in [4.78, 5) is 22.8. The molecule has 2 saturated carbocycles. The van der Waals surface area contributed by atoms with E-state index >= 15 is 0 Å². The topological polar surface area (TPSA) is 58.2 Å². The van der Waals surface area contributed by atoms with E-state index in [9.17, 15) is 35.9 Å². The lowest BCUT2D eigenvalue weighted by atomic mass is 10.1. The van der Waals surface area contributed by atoms with Crippen LogP contribution in [0.3, 0.4) is 0 Å². The highest BCUT2D eigenvalue weighted by molar-refractivity contribution is 7.99. The van der Waals surface area contributed by atoms with Gasteiger partial charge in [0.1, 0.15) is 0 Å². The molecule has 0 aromatic heterocycles. The Labute approximate surface area is 213 Å². The summed E-state index contributed by atoms with van der Waals surface area (Å²) in [5.41, 5.74) is -2.06. The molecule has 2 fully saturated rings. The van der Waals surface area contributed by atoms with Gasteiger partial charge in [0.05, 0.1) is 11.1 Å². The van der Waals surface area contributed by atoms with Gasteiger partial charge in [0.2, 0.25) is 11.8 Å². The number of hydrogen-bond acceptors (Lipinski definition) is 3. The van der Waals surface area contributed by atoms with E-state index in [0.29, 0.717) is 11.8 Å². The minimum Gasteiger partial charge on any atom is -0.350 e. The maximum Gasteiger partial charge on any atom is 0.417 e. The minimum atomic E-state index is -4.83. The lowest BCUT2D eigenvalue weighted by Crippen LogP contribution is -2.22. The van der Waals surface area contributed by atoms with Crippen molar-refractivity contribution in [3.63, 3.8) is 0 Å². The fraction of sp³-hybridized carbons (Fsp3) is 0.308. The maximum atomic E-state index is 13.8. The predicted octanol–water partition coefficient (Wildman–Crippen LogP) is 6.46. The molecule has 0 bridgehead atoms. The normalized spacial score (nSPS) is 16.4. The van der Waals surface area contributed by atoms with Gasteiger partial charge in [0, 0.05) is 34.0 Å². The highest BCUT2D eigenvalue weighted by Crippen LogP contribution is 2.44. The van der Waals surface area contributed by atoms with Crippen LogP contribution in [0, 0.1) is 0 Å². The molecule has 2 aliphatic rings. The highest BCUT2D eigenvalue weighted by atomic mass is 32.2. The summed E-state index contributed by atoms with van der Waals surface area (Å²) < 4.78 is 82.8. The van der Waals surface area contributed by atoms with Crippen molar-refractivity contribution >= 4 is 35.7 Å². The molecule has 2 aromatic carbocycles. The summed E-state index contributed by atoms with van der Waals surface area (Å²) in [6.45, 7) is 0. The first kappa shape index (κ1) is 26.8. The Hall–Kier alpha value is -3.21. The molecule has 0 aliphatic heterocycles. The first-order valence-corrected chi connectivity index (χ1v) is 12.3. The zero-order valence-corrected chi connectivity index (χ0v) is 20.1. The highest BCUT2D eigenvalue weighted by Gasteiger charge is 2.37. The third-order valence-corrected chi connectivity index (χ3v) is 6.69. The molecule has 2 aliphatic carbocycles. The van der Waals surface area contributed by atoms with E-state index in [0.717, 1.165) is 62.1 Å². The number of amides is 2. The largest absolute Gasteiger partial charge is 0.417 e. The van der Waals surface area contributed by atoms with Crippen molar-refractivity contribution in [2.45, 2.75) is 59.9 Å². The van der Waals surface area contributed by atoms with Gasteiger partial charge in [-0.25, -0.2) is 0 Å². The van der Waals surface area contributed by atoms with Gasteiger partial charge in [-0.2, -0.15) is 26.3 Å². The first-order chi connectivity index (χ1) is 17.4. The van der Waals surface area contributed by atoms with Crippen molar-refractivity contribution in [1.29, 1.82) is 0 Å². The maximum absolute atomic E-state index is 13.8. The third-order valence-electron chi connectivity index (χ3n) is 5.54. The molecule has 0 atom stereocenters. The fourth-order valence-corrected chi connectivity index (χ4v) is 4.42. The summed E-state index contributed by atoms with van der Waals surface area (Å²) >= 11 is 0.347. The molecular formula is C26H22F6N2O2S. The minimum absolute atomic E-state index is 0.0867. The van der Waals surface area contributed by atoms with Crippen LogP contribution in [0.5, 0.6) is 0 Å². The Bertz CT molecular complexity index is 1150. The summed E-state index contributed by atoms with van der Waals surface area (Å²) in [5, 5.41) is 5.36. The molecule has 4 rings (SSSR count). The second-order valence-corrected chi connectivity index (χ2v) is 9.92. The summed E-state index contributed by atoms with van der Waals surface area (Å²) in [6, 6.07) is 6.56. The molecule has 11 heteroatoms. The van der Waals surface area contributed by atoms with Gasteiger partial charge in [-0.15, -0.1) is 0 Å². The smallest absolute Gasteiger partial charge is 0.350 e. The Morgan fingerprint density at radius 1 is 0.703 bits per heavy atom. The Morgan fingerprint density at radius 3 is 1.41 bits per heavy atom. The van der Waals surface area contributed by atoms with Gasteiger partial charge < -0.3 is 10.6 Å². The number of nitrogens with one attached hydrogen (secondary N) is 2. The quantitative estimate of drug-likeness (QED) is 0.299. The zero-order valence-electron chi connectivity index (χ0n) is 19.2. The predicted molar refractivity (Wildman–Crippen MR) is 127 cm³/mol. The van der Waals surface area contributed by atoms with Gasteiger partial charge in [0.15, 0.2) is 0 Å². The molecule has 2 N–H and O–H groups in total. The standard InChI is InChI=1S/C26H22F6N2O2S/c27-25(28,29)19-13-15(3-11-23(35)33-17-5-6-17)1-9-21(19)37-22-10-2-16(14-20(22)26(30,31)32)4-12-24(36)34-18-7-8-18/h1-4,9-14,17-18H,5-8H2,(H,33,35)(H,34,36)/b11-3+,12-4+. The zero-order chi connectivity index (χ0) is 26.8. The molecule has 0 unspecified atom stereocenters. The van der Waals surface area contributed by atoms with Gasteiger partial charge in [0.25, 0.3) is 0 Å². The van der Waals surface area contributed by atoms with Crippen molar-refractivity contribution in [3.05, 3.63) is 70.8 Å². The lowest BCUT2D eigenvalue weighted by Gasteiger charge is -2.17. The van der Waals surface area contributed by atoms with Crippen LogP contribution < -0.4 is 10.6 Å². The van der Waals surface area contributed by atoms with E-state index in [1.165, 1.54) is 24.3 Å². The van der Waals surface area contributed by atoms with E-state index in [1.807, 2.05) is 0 Å². The van der Waals surface area contributed by atoms with Gasteiger partial charge >= 0.3 is 12.4 Å². The number of halogens is 6. The van der Waals surface area contributed by atoms with Crippen LogP contribution >= 0.6 is 11.8 Å². The molecule has 4 nitrogen and oxygen atoms in total. The molecule has 37 heavy (non-hydrogen) atoms. The Morgan fingerprint density at radius 2 is 1.08 bits per heavy atom. The average Bonchev–Trinajstić information content (AvgIpc) is 3.74. The second kappa shape index (κ2) is 10.6. The van der Waals surface area contributed by atoms with Crippen LogP contribution in [-0.4, -0.2) is 23.9 Å². The Kier molecular flexibility index (Phi) is 7.72. The number of carbonyl (C=O) groups excluding carboxylic acids is 2. The van der Waals surface area contributed by atoms with Gasteiger partial charge in [-0.05, 0) is 73.2 Å². The lowest BCUT2D eigenvalue weighted by molar-refractivity contribution is -0.140. The molecule has 2 amide bonds. The van der Waals surface area contributed by atoms with Crippen LogP contribution in [0.4, 0.5) is 26.3 Å². The van der Waals surface area contributed by atoms with E-state index < -0.39 is 45.1 Å². The van der Waals surface area contributed by atoms with E-state index in [2.05, 4.69) is 10.6 Å². The Balaban J connectivity index is 1.58. The summed E-state index contributed by atoms with van der Waals surface area (Å²) in [7, 11) is 0. The third kappa shape index (κ3) is 7.88. The molecule has 196 valence electrons. The number of benzene rings is 2.